The van der Waals surface area contributed by atoms with Gasteiger partial charge in [0.1, 0.15) is 5.82 Å². The lowest BCUT2D eigenvalue weighted by atomic mass is 10.1. The minimum absolute atomic E-state index is 0.0193. The van der Waals surface area contributed by atoms with Gasteiger partial charge < -0.3 is 9.47 Å². The molecule has 4 aromatic rings. The van der Waals surface area contributed by atoms with Crippen LogP contribution in [0.1, 0.15) is 41.0 Å². The third-order valence-electron chi connectivity index (χ3n) is 5.89. The van der Waals surface area contributed by atoms with Crippen molar-refractivity contribution in [1.82, 2.24) is 14.5 Å². The second-order valence-corrected chi connectivity index (χ2v) is 11.3. The summed E-state index contributed by atoms with van der Waals surface area (Å²) in [5.41, 5.74) is 2.10. The van der Waals surface area contributed by atoms with Gasteiger partial charge in [-0.1, -0.05) is 86.6 Å². The van der Waals surface area contributed by atoms with E-state index in [0.717, 1.165) is 5.56 Å². The van der Waals surface area contributed by atoms with Crippen molar-refractivity contribution in [2.75, 3.05) is 6.54 Å². The van der Waals surface area contributed by atoms with E-state index in [2.05, 4.69) is 4.98 Å². The molecule has 0 saturated carbocycles. The maximum Gasteiger partial charge on any atom is 0.257 e. The third-order valence-corrected chi connectivity index (χ3v) is 7.49. The van der Waals surface area contributed by atoms with E-state index in [1.165, 1.54) is 24.4 Å². The number of halogens is 1. The Balaban J connectivity index is 1.73. The molecule has 0 N–H and O–H groups in total. The maximum absolute atomic E-state index is 14.5. The van der Waals surface area contributed by atoms with E-state index in [1.807, 2.05) is 50.2 Å². The summed E-state index contributed by atoms with van der Waals surface area (Å²) in [5.74, 6) is -1.12. The molecule has 0 aliphatic rings. The van der Waals surface area contributed by atoms with Crippen LogP contribution < -0.4 is 0 Å². The van der Waals surface area contributed by atoms with Crippen LogP contribution in [0.4, 0.5) is 4.39 Å². The minimum atomic E-state index is -3.79. The van der Waals surface area contributed by atoms with Crippen LogP contribution in [0.2, 0.25) is 0 Å². The fraction of sp³-hybridized carbons (Fsp3) is 0.241. The van der Waals surface area contributed by atoms with Crippen molar-refractivity contribution in [3.05, 3.63) is 119 Å². The van der Waals surface area contributed by atoms with Crippen LogP contribution in [-0.4, -0.2) is 35.3 Å². The molecule has 0 atom stereocenters. The number of imidazole rings is 1. The molecule has 37 heavy (non-hydrogen) atoms. The van der Waals surface area contributed by atoms with Gasteiger partial charge in [-0.3, -0.25) is 4.79 Å². The summed E-state index contributed by atoms with van der Waals surface area (Å²) in [6.07, 6.45) is 1.50. The SMILES string of the molecule is CC(C)CN(Cc1cnc(S(=O)(=O)Cc2ccccc2)n1Cc1ccccc1)C(=O)c1ccccc1F. The first-order chi connectivity index (χ1) is 17.7. The number of benzene rings is 3. The average molecular weight is 520 g/mol. The van der Waals surface area contributed by atoms with Gasteiger partial charge in [0.2, 0.25) is 15.0 Å². The van der Waals surface area contributed by atoms with Gasteiger partial charge in [0, 0.05) is 6.54 Å². The largest absolute Gasteiger partial charge is 0.332 e. The summed E-state index contributed by atoms with van der Waals surface area (Å²) in [7, 11) is -3.79. The van der Waals surface area contributed by atoms with Crippen LogP contribution in [0, 0.1) is 11.7 Å². The molecule has 8 heteroatoms. The number of rotatable bonds is 10. The van der Waals surface area contributed by atoms with E-state index >= 15 is 0 Å². The highest BCUT2D eigenvalue weighted by molar-refractivity contribution is 7.90. The first-order valence-corrected chi connectivity index (χ1v) is 13.8. The molecule has 0 saturated heterocycles. The van der Waals surface area contributed by atoms with Crippen molar-refractivity contribution in [3.63, 3.8) is 0 Å². The Bertz CT molecular complexity index is 1450. The van der Waals surface area contributed by atoms with Crippen molar-refractivity contribution in [3.8, 4) is 0 Å². The van der Waals surface area contributed by atoms with Crippen LogP contribution in [0.15, 0.2) is 96.3 Å². The standard InChI is InChI=1S/C29H30FN3O3S/c1-22(2)18-32(28(34)26-15-9-10-16-27(26)30)20-25-17-31-29(33(25)19-23-11-5-3-6-12-23)37(35,36)21-24-13-7-4-8-14-24/h3-17,22H,18-21H2,1-2H3. The predicted molar refractivity (Wildman–Crippen MR) is 141 cm³/mol. The van der Waals surface area contributed by atoms with Crippen molar-refractivity contribution < 1.29 is 17.6 Å². The van der Waals surface area contributed by atoms with Gasteiger partial charge >= 0.3 is 0 Å². The van der Waals surface area contributed by atoms with Crippen LogP contribution in [0.25, 0.3) is 0 Å². The Hall–Kier alpha value is -3.78. The zero-order valence-electron chi connectivity index (χ0n) is 20.9. The first-order valence-electron chi connectivity index (χ1n) is 12.1. The number of carbonyl (C=O) groups excluding carboxylic acids is 1. The average Bonchev–Trinajstić information content (AvgIpc) is 3.27. The highest BCUT2D eigenvalue weighted by atomic mass is 32.2. The van der Waals surface area contributed by atoms with Crippen LogP contribution in [0.3, 0.4) is 0 Å². The zero-order valence-corrected chi connectivity index (χ0v) is 21.7. The van der Waals surface area contributed by atoms with E-state index < -0.39 is 21.6 Å². The van der Waals surface area contributed by atoms with Gasteiger partial charge in [0.05, 0.1) is 36.3 Å². The molecule has 0 radical (unpaired) electrons. The fourth-order valence-corrected chi connectivity index (χ4v) is 5.71. The van der Waals surface area contributed by atoms with Gasteiger partial charge in [-0.15, -0.1) is 0 Å². The Morgan fingerprint density at radius 2 is 1.51 bits per heavy atom. The predicted octanol–water partition coefficient (Wildman–Crippen LogP) is 5.34. The molecule has 0 unspecified atom stereocenters. The summed E-state index contributed by atoms with van der Waals surface area (Å²) >= 11 is 0. The molecule has 0 aliphatic heterocycles. The third kappa shape index (κ3) is 6.51. The summed E-state index contributed by atoms with van der Waals surface area (Å²) in [5, 5.41) is -0.0574. The first kappa shape index (κ1) is 26.3. The molecule has 1 aromatic heterocycles. The summed E-state index contributed by atoms with van der Waals surface area (Å²) < 4.78 is 43.1. The van der Waals surface area contributed by atoms with E-state index in [4.69, 9.17) is 0 Å². The van der Waals surface area contributed by atoms with Gasteiger partial charge in [0.15, 0.2) is 0 Å². The van der Waals surface area contributed by atoms with Gasteiger partial charge in [-0.2, -0.15) is 0 Å². The number of amides is 1. The molecule has 0 fully saturated rings. The van der Waals surface area contributed by atoms with Crippen molar-refractivity contribution in [2.24, 2.45) is 5.92 Å². The molecule has 1 heterocycles. The van der Waals surface area contributed by atoms with E-state index in [0.29, 0.717) is 17.8 Å². The number of sulfone groups is 1. The number of carbonyl (C=O) groups is 1. The number of aromatic nitrogens is 2. The minimum Gasteiger partial charge on any atom is -0.332 e. The van der Waals surface area contributed by atoms with E-state index in [-0.39, 0.29) is 35.5 Å². The Morgan fingerprint density at radius 3 is 2.14 bits per heavy atom. The van der Waals surface area contributed by atoms with Gasteiger partial charge in [-0.05, 0) is 29.2 Å². The second kappa shape index (κ2) is 11.5. The normalized spacial score (nSPS) is 11.6. The molecule has 0 bridgehead atoms. The molecule has 6 nitrogen and oxygen atoms in total. The van der Waals surface area contributed by atoms with Crippen LogP contribution in [-0.2, 0) is 28.7 Å². The maximum atomic E-state index is 14.5. The summed E-state index contributed by atoms with van der Waals surface area (Å²) in [6, 6.07) is 24.3. The Labute approximate surface area is 217 Å². The van der Waals surface area contributed by atoms with Gasteiger partial charge in [0.25, 0.3) is 5.91 Å². The van der Waals surface area contributed by atoms with Crippen molar-refractivity contribution in [1.29, 1.82) is 0 Å². The number of hydrogen-bond acceptors (Lipinski definition) is 4. The Kier molecular flexibility index (Phi) is 8.18. The fourth-order valence-electron chi connectivity index (χ4n) is 4.22. The summed E-state index contributed by atoms with van der Waals surface area (Å²) in [6.45, 7) is 4.67. The van der Waals surface area contributed by atoms with E-state index in [9.17, 15) is 17.6 Å². The second-order valence-electron chi connectivity index (χ2n) is 9.41. The summed E-state index contributed by atoms with van der Waals surface area (Å²) in [4.78, 5) is 19.2. The molecule has 3 aromatic carbocycles. The number of nitrogens with zero attached hydrogens (tertiary/aromatic N) is 3. The monoisotopic (exact) mass is 519 g/mol. The zero-order chi connectivity index (χ0) is 26.4. The van der Waals surface area contributed by atoms with E-state index in [1.54, 1.807) is 39.8 Å². The Morgan fingerprint density at radius 1 is 0.919 bits per heavy atom. The van der Waals surface area contributed by atoms with Crippen LogP contribution in [0.5, 0.6) is 0 Å². The highest BCUT2D eigenvalue weighted by Crippen LogP contribution is 2.22. The molecule has 0 spiro atoms. The van der Waals surface area contributed by atoms with Crippen LogP contribution >= 0.6 is 0 Å². The highest BCUT2D eigenvalue weighted by Gasteiger charge is 2.27. The quantitative estimate of drug-likeness (QED) is 0.283. The lowest BCUT2D eigenvalue weighted by Gasteiger charge is -2.25. The molecule has 1 amide bonds. The lowest BCUT2D eigenvalue weighted by molar-refractivity contribution is 0.0713. The molecule has 0 aliphatic carbocycles. The number of hydrogen-bond donors (Lipinski definition) is 0. The smallest absolute Gasteiger partial charge is 0.257 e. The topological polar surface area (TPSA) is 72.3 Å². The molecule has 192 valence electrons. The van der Waals surface area contributed by atoms with Crippen molar-refractivity contribution >= 4 is 15.7 Å². The van der Waals surface area contributed by atoms with Gasteiger partial charge in [-0.25, -0.2) is 17.8 Å². The lowest BCUT2D eigenvalue weighted by Crippen LogP contribution is -2.35. The van der Waals surface area contributed by atoms with Crippen molar-refractivity contribution in [2.45, 2.75) is 37.8 Å². The molecular formula is C29H30FN3O3S. The molecule has 4 rings (SSSR count). The molecular weight excluding hydrogens is 489 g/mol.